The lowest BCUT2D eigenvalue weighted by atomic mass is 10.3. The highest BCUT2D eigenvalue weighted by molar-refractivity contribution is 5.95. The lowest BCUT2D eigenvalue weighted by molar-refractivity contribution is -0.119. The van der Waals surface area contributed by atoms with Crippen molar-refractivity contribution < 1.29 is 19.1 Å². The van der Waals surface area contributed by atoms with E-state index in [9.17, 15) is 9.59 Å². The van der Waals surface area contributed by atoms with Crippen molar-refractivity contribution in [3.8, 4) is 11.5 Å². The number of aryl methyl sites for hydroxylation is 2. The Morgan fingerprint density at radius 2 is 1.74 bits per heavy atom. The predicted molar refractivity (Wildman–Crippen MR) is 112 cm³/mol. The minimum absolute atomic E-state index is 0.165. The van der Waals surface area contributed by atoms with E-state index < -0.39 is 18.5 Å². The lowest BCUT2D eigenvalue weighted by Gasteiger charge is -2.12. The molecule has 0 saturated heterocycles. The summed E-state index contributed by atoms with van der Waals surface area (Å²) in [5, 5.41) is 6.77. The number of para-hydroxylation sites is 3. The Morgan fingerprint density at radius 1 is 1.00 bits per heavy atom. The third kappa shape index (κ3) is 4.67. The van der Waals surface area contributed by atoms with Gasteiger partial charge in [0.25, 0.3) is 17.5 Å². The van der Waals surface area contributed by atoms with E-state index in [1.165, 1.54) is 4.52 Å². The minimum Gasteiger partial charge on any atom is -0.455 e. The first-order chi connectivity index (χ1) is 15.0. The largest absolute Gasteiger partial charge is 0.455 e. The Hall–Kier alpha value is -4.27. The van der Waals surface area contributed by atoms with Crippen LogP contribution in [0.25, 0.3) is 5.78 Å². The maximum absolute atomic E-state index is 12.3. The zero-order valence-electron chi connectivity index (χ0n) is 16.9. The number of hydrogen-bond acceptors (Lipinski definition) is 7. The van der Waals surface area contributed by atoms with E-state index in [0.29, 0.717) is 23.0 Å². The molecule has 156 valence electrons. The number of aromatic nitrogens is 4. The molecule has 0 radical (unpaired) electrons. The van der Waals surface area contributed by atoms with E-state index >= 15 is 0 Å². The molecule has 0 aliphatic rings. The summed E-state index contributed by atoms with van der Waals surface area (Å²) in [6.45, 7) is 3.15. The van der Waals surface area contributed by atoms with Crippen LogP contribution in [-0.4, -0.2) is 38.1 Å². The van der Waals surface area contributed by atoms with Crippen molar-refractivity contribution in [1.29, 1.82) is 0 Å². The first-order valence-electron chi connectivity index (χ1n) is 9.49. The van der Waals surface area contributed by atoms with Crippen molar-refractivity contribution in [2.45, 2.75) is 13.8 Å². The molecule has 0 saturated carbocycles. The maximum atomic E-state index is 12.3. The Bertz CT molecular complexity index is 1250. The van der Waals surface area contributed by atoms with Crippen LogP contribution in [0.15, 0.2) is 60.7 Å². The van der Waals surface area contributed by atoms with Crippen LogP contribution in [0.3, 0.4) is 0 Å². The van der Waals surface area contributed by atoms with E-state index in [1.807, 2.05) is 38.1 Å². The van der Waals surface area contributed by atoms with Crippen LogP contribution in [0.4, 0.5) is 5.69 Å². The number of rotatable bonds is 6. The number of carbonyl (C=O) groups is 2. The first kappa shape index (κ1) is 20.0. The van der Waals surface area contributed by atoms with Crippen molar-refractivity contribution in [3.05, 3.63) is 77.9 Å². The molecule has 0 bridgehead atoms. The van der Waals surface area contributed by atoms with Crippen LogP contribution in [0.1, 0.15) is 22.0 Å². The SMILES string of the molecule is Cc1cc(C)n2nc(C(=O)OCC(=O)Nc3ccccc3Oc3ccccc3)nc2n1. The van der Waals surface area contributed by atoms with Gasteiger partial charge in [0.15, 0.2) is 12.4 Å². The molecule has 0 unspecified atom stereocenters. The first-order valence-corrected chi connectivity index (χ1v) is 9.49. The molecule has 0 aliphatic heterocycles. The molecule has 1 amide bonds. The van der Waals surface area contributed by atoms with Crippen molar-refractivity contribution in [1.82, 2.24) is 19.6 Å². The lowest BCUT2D eigenvalue weighted by Crippen LogP contribution is -2.21. The Kier molecular flexibility index (Phi) is 5.57. The smallest absolute Gasteiger partial charge is 0.378 e. The van der Waals surface area contributed by atoms with E-state index in [0.717, 1.165) is 11.4 Å². The molecule has 31 heavy (non-hydrogen) atoms. The molecule has 4 aromatic rings. The van der Waals surface area contributed by atoms with Gasteiger partial charge >= 0.3 is 5.97 Å². The molecule has 0 fully saturated rings. The van der Waals surface area contributed by atoms with Crippen molar-refractivity contribution >= 4 is 23.3 Å². The molecule has 9 nitrogen and oxygen atoms in total. The number of anilines is 1. The average molecular weight is 417 g/mol. The number of fused-ring (bicyclic) bond motifs is 1. The van der Waals surface area contributed by atoms with Gasteiger partial charge in [0, 0.05) is 11.4 Å². The van der Waals surface area contributed by atoms with E-state index in [4.69, 9.17) is 9.47 Å². The third-order valence-electron chi connectivity index (χ3n) is 4.27. The van der Waals surface area contributed by atoms with Gasteiger partial charge in [0.05, 0.1) is 5.69 Å². The maximum Gasteiger partial charge on any atom is 0.378 e. The number of nitrogens with one attached hydrogen (secondary N) is 1. The van der Waals surface area contributed by atoms with E-state index in [1.54, 1.807) is 36.4 Å². The zero-order chi connectivity index (χ0) is 21.8. The van der Waals surface area contributed by atoms with E-state index in [2.05, 4.69) is 20.4 Å². The predicted octanol–water partition coefficient (Wildman–Crippen LogP) is 3.33. The van der Waals surface area contributed by atoms with Crippen LogP contribution in [0.2, 0.25) is 0 Å². The second-order valence-electron chi connectivity index (χ2n) is 6.72. The highest BCUT2D eigenvalue weighted by Crippen LogP contribution is 2.29. The second kappa shape index (κ2) is 8.62. The van der Waals surface area contributed by atoms with Crippen LogP contribution < -0.4 is 10.1 Å². The molecule has 0 atom stereocenters. The highest BCUT2D eigenvalue weighted by Gasteiger charge is 2.18. The summed E-state index contributed by atoms with van der Waals surface area (Å²) in [6, 6.07) is 18.0. The Labute approximate surface area is 177 Å². The number of amides is 1. The molecular weight excluding hydrogens is 398 g/mol. The van der Waals surface area contributed by atoms with Gasteiger partial charge in [0.1, 0.15) is 5.75 Å². The van der Waals surface area contributed by atoms with Crippen molar-refractivity contribution in [3.63, 3.8) is 0 Å². The van der Waals surface area contributed by atoms with Crippen LogP contribution >= 0.6 is 0 Å². The van der Waals surface area contributed by atoms with Gasteiger partial charge in [-0.15, -0.1) is 5.10 Å². The summed E-state index contributed by atoms with van der Waals surface area (Å²) in [5.41, 5.74) is 1.99. The summed E-state index contributed by atoms with van der Waals surface area (Å²) in [7, 11) is 0. The summed E-state index contributed by atoms with van der Waals surface area (Å²) >= 11 is 0. The summed E-state index contributed by atoms with van der Waals surface area (Å²) < 4.78 is 12.3. The van der Waals surface area contributed by atoms with Crippen molar-refractivity contribution in [2.75, 3.05) is 11.9 Å². The topological polar surface area (TPSA) is 108 Å². The number of esters is 1. The average Bonchev–Trinajstić information content (AvgIpc) is 3.19. The Morgan fingerprint density at radius 3 is 2.55 bits per heavy atom. The van der Waals surface area contributed by atoms with Gasteiger partial charge in [0.2, 0.25) is 0 Å². The fourth-order valence-electron chi connectivity index (χ4n) is 2.91. The second-order valence-corrected chi connectivity index (χ2v) is 6.72. The molecular formula is C22H19N5O4. The van der Waals surface area contributed by atoms with Gasteiger partial charge in [-0.3, -0.25) is 4.79 Å². The molecule has 2 aromatic carbocycles. The summed E-state index contributed by atoms with van der Waals surface area (Å²) in [5.74, 6) is -0.111. The van der Waals surface area contributed by atoms with Crippen LogP contribution in [-0.2, 0) is 9.53 Å². The minimum atomic E-state index is -0.813. The molecule has 0 spiro atoms. The third-order valence-corrected chi connectivity index (χ3v) is 4.27. The summed E-state index contributed by atoms with van der Waals surface area (Å²) in [4.78, 5) is 32.9. The van der Waals surface area contributed by atoms with Gasteiger partial charge < -0.3 is 14.8 Å². The zero-order valence-corrected chi connectivity index (χ0v) is 16.9. The normalized spacial score (nSPS) is 10.6. The highest BCUT2D eigenvalue weighted by atomic mass is 16.5. The molecule has 2 heterocycles. The standard InChI is InChI=1S/C22H19N5O4/c1-14-12-15(2)27-22(23-14)25-20(26-27)21(29)30-13-19(28)24-17-10-6-7-11-18(17)31-16-8-4-3-5-9-16/h3-12H,13H2,1-2H3,(H,24,28). The van der Waals surface area contributed by atoms with Crippen LogP contribution in [0.5, 0.6) is 11.5 Å². The molecule has 0 aliphatic carbocycles. The number of carbonyl (C=O) groups excluding carboxylic acids is 2. The van der Waals surface area contributed by atoms with Gasteiger partial charge in [-0.25, -0.2) is 14.3 Å². The monoisotopic (exact) mass is 417 g/mol. The number of ether oxygens (including phenoxy) is 2. The molecule has 4 rings (SSSR count). The Balaban J connectivity index is 1.40. The van der Waals surface area contributed by atoms with Crippen molar-refractivity contribution in [2.24, 2.45) is 0 Å². The summed E-state index contributed by atoms with van der Waals surface area (Å²) in [6.07, 6.45) is 0. The number of benzene rings is 2. The molecule has 9 heteroatoms. The van der Waals surface area contributed by atoms with Crippen LogP contribution in [0, 0.1) is 13.8 Å². The van der Waals surface area contributed by atoms with Gasteiger partial charge in [-0.1, -0.05) is 30.3 Å². The molecule has 1 N–H and O–H groups in total. The molecule has 2 aromatic heterocycles. The number of hydrogen-bond donors (Lipinski definition) is 1. The fourth-order valence-corrected chi connectivity index (χ4v) is 2.91. The van der Waals surface area contributed by atoms with Gasteiger partial charge in [-0.2, -0.15) is 4.98 Å². The quantitative estimate of drug-likeness (QED) is 0.480. The van der Waals surface area contributed by atoms with E-state index in [-0.39, 0.29) is 5.82 Å². The number of nitrogens with zero attached hydrogens (tertiary/aromatic N) is 4. The van der Waals surface area contributed by atoms with Gasteiger partial charge in [-0.05, 0) is 44.2 Å². The fraction of sp³-hybridized carbons (Fsp3) is 0.136.